The summed E-state index contributed by atoms with van der Waals surface area (Å²) in [7, 11) is -1.11. The van der Waals surface area contributed by atoms with Crippen LogP contribution in [0.5, 0.6) is 0 Å². The van der Waals surface area contributed by atoms with E-state index >= 15 is 0 Å². The van der Waals surface area contributed by atoms with E-state index in [1.807, 2.05) is 55.5 Å². The molecule has 0 saturated carbocycles. The van der Waals surface area contributed by atoms with Gasteiger partial charge in [0.25, 0.3) is 0 Å². The van der Waals surface area contributed by atoms with Crippen LogP contribution >= 0.6 is 0 Å². The second kappa shape index (κ2) is 5.94. The maximum Gasteiger partial charge on any atom is 0.0693 e. The molecule has 0 amide bonds. The van der Waals surface area contributed by atoms with E-state index in [9.17, 15) is 9.32 Å². The lowest BCUT2D eigenvalue weighted by molar-refractivity contribution is 0.278. The van der Waals surface area contributed by atoms with Gasteiger partial charge >= 0.3 is 0 Å². The number of aliphatic hydroxyl groups is 1. The number of rotatable bonds is 4. The topological polar surface area (TPSA) is 37.3 Å². The largest absolute Gasteiger partial charge is 0.392 e. The van der Waals surface area contributed by atoms with Crippen LogP contribution in [-0.2, 0) is 23.2 Å². The Labute approximate surface area is 110 Å². The van der Waals surface area contributed by atoms with Crippen LogP contribution in [0, 0.1) is 6.92 Å². The van der Waals surface area contributed by atoms with Crippen LogP contribution in [0.4, 0.5) is 0 Å². The zero-order valence-corrected chi connectivity index (χ0v) is 11.1. The molecule has 2 aromatic rings. The monoisotopic (exact) mass is 260 g/mol. The van der Waals surface area contributed by atoms with Gasteiger partial charge in [0.2, 0.25) is 0 Å². The zero-order valence-electron chi connectivity index (χ0n) is 10.3. The molecule has 2 aromatic carbocycles. The van der Waals surface area contributed by atoms with E-state index in [0.717, 1.165) is 16.0 Å². The van der Waals surface area contributed by atoms with Crippen LogP contribution in [0.2, 0.25) is 0 Å². The Morgan fingerprint density at radius 1 is 1.06 bits per heavy atom. The van der Waals surface area contributed by atoms with Crippen molar-refractivity contribution >= 4 is 10.8 Å². The summed E-state index contributed by atoms with van der Waals surface area (Å²) in [5.41, 5.74) is 2.98. The molecule has 0 aliphatic carbocycles. The van der Waals surface area contributed by atoms with E-state index < -0.39 is 10.8 Å². The number of hydrogen-bond donors (Lipinski definition) is 1. The fourth-order valence-corrected chi connectivity index (χ4v) is 3.08. The van der Waals surface area contributed by atoms with Gasteiger partial charge in [-0.15, -0.1) is 0 Å². The summed E-state index contributed by atoms with van der Waals surface area (Å²) in [6, 6.07) is 15.3. The molecule has 0 aromatic heterocycles. The average Bonchev–Trinajstić information content (AvgIpc) is 2.41. The van der Waals surface area contributed by atoms with Gasteiger partial charge in [0.05, 0.1) is 23.2 Å². The molecule has 94 valence electrons. The first-order chi connectivity index (χ1) is 8.70. The molecular formula is C15H16O2S. The molecule has 0 fully saturated rings. The van der Waals surface area contributed by atoms with Crippen molar-refractivity contribution in [3.05, 3.63) is 65.2 Å². The molecule has 2 rings (SSSR count). The quantitative estimate of drug-likeness (QED) is 0.918. The Balaban J connectivity index is 2.19. The summed E-state index contributed by atoms with van der Waals surface area (Å²) in [5.74, 6) is 0.483. The van der Waals surface area contributed by atoms with Gasteiger partial charge in [-0.2, -0.15) is 0 Å². The van der Waals surface area contributed by atoms with Crippen LogP contribution in [0.3, 0.4) is 0 Å². The fraction of sp³-hybridized carbons (Fsp3) is 0.200. The first kappa shape index (κ1) is 13.0. The zero-order chi connectivity index (χ0) is 13.0. The Bertz CT molecular complexity index is 547. The highest BCUT2D eigenvalue weighted by molar-refractivity contribution is 7.84. The second-order valence-corrected chi connectivity index (χ2v) is 5.66. The van der Waals surface area contributed by atoms with E-state index in [1.165, 1.54) is 5.56 Å². The third-order valence-electron chi connectivity index (χ3n) is 2.81. The van der Waals surface area contributed by atoms with Crippen molar-refractivity contribution in [2.24, 2.45) is 0 Å². The molecule has 0 aliphatic heterocycles. The molecule has 0 radical (unpaired) electrons. The number of aliphatic hydroxyl groups excluding tert-OH is 1. The Hall–Kier alpha value is -1.45. The van der Waals surface area contributed by atoms with E-state index in [1.54, 1.807) is 0 Å². The van der Waals surface area contributed by atoms with Gasteiger partial charge < -0.3 is 5.11 Å². The average molecular weight is 260 g/mol. The van der Waals surface area contributed by atoms with Crippen LogP contribution < -0.4 is 0 Å². The Kier molecular flexibility index (Phi) is 4.28. The highest BCUT2D eigenvalue weighted by Crippen LogP contribution is 2.17. The molecule has 1 atom stereocenters. The summed E-state index contributed by atoms with van der Waals surface area (Å²) in [6.07, 6.45) is 0. The third kappa shape index (κ3) is 3.06. The van der Waals surface area contributed by atoms with E-state index in [2.05, 4.69) is 0 Å². The highest BCUT2D eigenvalue weighted by atomic mass is 32.2. The second-order valence-electron chi connectivity index (χ2n) is 4.24. The van der Waals surface area contributed by atoms with Gasteiger partial charge in [0.1, 0.15) is 0 Å². The van der Waals surface area contributed by atoms with Crippen LogP contribution in [0.25, 0.3) is 0 Å². The van der Waals surface area contributed by atoms with E-state index in [4.69, 9.17) is 0 Å². The highest BCUT2D eigenvalue weighted by Gasteiger charge is 2.09. The molecule has 2 nitrogen and oxygen atoms in total. The van der Waals surface area contributed by atoms with E-state index in [0.29, 0.717) is 5.75 Å². The third-order valence-corrected chi connectivity index (χ3v) is 4.29. The minimum absolute atomic E-state index is 0.0736. The summed E-state index contributed by atoms with van der Waals surface area (Å²) in [5, 5.41) is 9.24. The number of hydrogen-bond acceptors (Lipinski definition) is 2. The summed E-state index contributed by atoms with van der Waals surface area (Å²) in [4.78, 5) is 0.723. The first-order valence-corrected chi connectivity index (χ1v) is 7.15. The molecule has 0 saturated heterocycles. The lowest BCUT2D eigenvalue weighted by Gasteiger charge is -2.07. The number of benzene rings is 2. The van der Waals surface area contributed by atoms with Crippen LogP contribution in [0.1, 0.15) is 16.7 Å². The maximum absolute atomic E-state index is 12.3. The van der Waals surface area contributed by atoms with Crippen molar-refractivity contribution in [1.29, 1.82) is 0 Å². The Morgan fingerprint density at radius 3 is 2.39 bits per heavy atom. The molecule has 3 heteroatoms. The van der Waals surface area contributed by atoms with Crippen molar-refractivity contribution in [1.82, 2.24) is 0 Å². The molecule has 1 unspecified atom stereocenters. The van der Waals surface area contributed by atoms with Crippen molar-refractivity contribution in [3.63, 3.8) is 0 Å². The fourth-order valence-electron chi connectivity index (χ4n) is 1.77. The first-order valence-electron chi connectivity index (χ1n) is 5.83. The Morgan fingerprint density at radius 2 is 1.72 bits per heavy atom. The predicted molar refractivity (Wildman–Crippen MR) is 73.7 cm³/mol. The molecule has 0 heterocycles. The normalized spacial score (nSPS) is 12.3. The van der Waals surface area contributed by atoms with Crippen molar-refractivity contribution in [3.8, 4) is 0 Å². The minimum atomic E-state index is -1.11. The van der Waals surface area contributed by atoms with Gasteiger partial charge in [0, 0.05) is 4.90 Å². The molecule has 18 heavy (non-hydrogen) atoms. The lowest BCUT2D eigenvalue weighted by atomic mass is 10.2. The predicted octanol–water partition coefficient (Wildman–Crippen LogP) is 2.80. The SMILES string of the molecule is Cc1ccc(CS(=O)c2ccccc2CO)cc1. The molecule has 0 bridgehead atoms. The summed E-state index contributed by atoms with van der Waals surface area (Å²) < 4.78 is 12.3. The number of aryl methyl sites for hydroxylation is 1. The smallest absolute Gasteiger partial charge is 0.0693 e. The summed E-state index contributed by atoms with van der Waals surface area (Å²) >= 11 is 0. The van der Waals surface area contributed by atoms with Crippen LogP contribution in [0.15, 0.2) is 53.4 Å². The standard InChI is InChI=1S/C15H16O2S/c1-12-6-8-13(9-7-12)11-18(17)15-5-3-2-4-14(15)10-16/h2-9,16H,10-11H2,1H3. The van der Waals surface area contributed by atoms with Gasteiger partial charge in [-0.3, -0.25) is 4.21 Å². The van der Waals surface area contributed by atoms with Crippen molar-refractivity contribution in [2.45, 2.75) is 24.2 Å². The molecule has 0 spiro atoms. The van der Waals surface area contributed by atoms with Crippen LogP contribution in [-0.4, -0.2) is 9.32 Å². The van der Waals surface area contributed by atoms with Gasteiger partial charge in [0.15, 0.2) is 0 Å². The van der Waals surface area contributed by atoms with E-state index in [-0.39, 0.29) is 6.61 Å². The lowest BCUT2D eigenvalue weighted by Crippen LogP contribution is -2.00. The maximum atomic E-state index is 12.3. The minimum Gasteiger partial charge on any atom is -0.392 e. The van der Waals surface area contributed by atoms with Gasteiger partial charge in [-0.05, 0) is 24.1 Å². The van der Waals surface area contributed by atoms with Crippen molar-refractivity contribution < 1.29 is 9.32 Å². The van der Waals surface area contributed by atoms with Gasteiger partial charge in [-0.1, -0.05) is 48.0 Å². The molecule has 1 N–H and O–H groups in total. The molecular weight excluding hydrogens is 244 g/mol. The molecule has 0 aliphatic rings. The van der Waals surface area contributed by atoms with Gasteiger partial charge in [-0.25, -0.2) is 0 Å². The summed E-state index contributed by atoms with van der Waals surface area (Å²) in [6.45, 7) is 1.96. The van der Waals surface area contributed by atoms with Crippen molar-refractivity contribution in [2.75, 3.05) is 0 Å².